The number of carbonyl (C=O) groups excluding carboxylic acids is 1. The van der Waals surface area contributed by atoms with E-state index in [0.717, 1.165) is 64.2 Å². The minimum absolute atomic E-state index is 0.0196. The summed E-state index contributed by atoms with van der Waals surface area (Å²) >= 11 is 0. The fraction of sp³-hybridized carbons (Fsp3) is 0.688. The van der Waals surface area contributed by atoms with Crippen LogP contribution in [0, 0.1) is 0 Å². The van der Waals surface area contributed by atoms with Crippen molar-refractivity contribution in [3.8, 4) is 0 Å². The fourth-order valence-electron chi connectivity index (χ4n) is 5.66. The molecule has 0 aliphatic rings. The number of allylic oxidation sites excluding steroid dienone is 14. The summed E-state index contributed by atoms with van der Waals surface area (Å²) in [5.41, 5.74) is 0. The van der Waals surface area contributed by atoms with Crippen molar-refractivity contribution in [2.24, 2.45) is 0 Å². The maximum absolute atomic E-state index is 12.6. The summed E-state index contributed by atoms with van der Waals surface area (Å²) in [5, 5.41) is 18.4. The zero-order valence-corrected chi connectivity index (χ0v) is 37.4. The number of hydrogen-bond donors (Lipinski definition) is 3. The van der Waals surface area contributed by atoms with Gasteiger partial charge in [-0.25, -0.2) is 4.57 Å². The number of phosphoric acid groups is 1. The molecule has 0 aliphatic carbocycles. The van der Waals surface area contributed by atoms with Gasteiger partial charge in [0.05, 0.1) is 26.4 Å². The van der Waals surface area contributed by atoms with Crippen molar-refractivity contribution in [1.82, 2.24) is 0 Å². The monoisotopic (exact) mass is 835 g/mol. The van der Waals surface area contributed by atoms with Crippen LogP contribution in [-0.2, 0) is 27.9 Å². The molecular weight excluding hydrogens is 751 g/mol. The first-order valence-electron chi connectivity index (χ1n) is 22.6. The molecule has 58 heavy (non-hydrogen) atoms. The van der Waals surface area contributed by atoms with Crippen molar-refractivity contribution in [2.45, 2.75) is 180 Å². The van der Waals surface area contributed by atoms with Crippen LogP contribution in [-0.4, -0.2) is 66.3 Å². The molecule has 0 aromatic rings. The summed E-state index contributed by atoms with van der Waals surface area (Å²) in [6.07, 6.45) is 54.1. The zero-order valence-electron chi connectivity index (χ0n) is 36.5. The van der Waals surface area contributed by atoms with E-state index in [1.165, 1.54) is 77.0 Å². The Morgan fingerprint density at radius 2 is 0.983 bits per heavy atom. The Labute approximate surface area is 354 Å². The first kappa shape index (κ1) is 55.6. The summed E-state index contributed by atoms with van der Waals surface area (Å²) < 4.78 is 33.3. The normalized spacial score (nSPS) is 14.8. The molecule has 0 aromatic carbocycles. The number of aliphatic hydroxyl groups excluding tert-OH is 2. The van der Waals surface area contributed by atoms with Crippen LogP contribution in [0.25, 0.3) is 0 Å². The lowest BCUT2D eigenvalue weighted by atomic mass is 10.1. The third kappa shape index (κ3) is 43.2. The number of ether oxygens (including phenoxy) is 2. The van der Waals surface area contributed by atoms with Gasteiger partial charge in [0.1, 0.15) is 12.2 Å². The molecule has 334 valence electrons. The number of esters is 1. The Hall–Kier alpha value is -2.36. The SMILES string of the molecule is CC/C=C\C/C=C\C/C=C\C/C=C\C/C=C\CCCC(=O)OC(COCCCCCCCCCCCC/C=C\C/C=C\CCCCC)COP(=O)(O)OCC(O)CO. The maximum Gasteiger partial charge on any atom is 0.472 e. The summed E-state index contributed by atoms with van der Waals surface area (Å²) in [4.78, 5) is 22.6. The summed E-state index contributed by atoms with van der Waals surface area (Å²) in [6, 6.07) is 0. The Bertz CT molecular complexity index is 1170. The fourth-order valence-corrected chi connectivity index (χ4v) is 6.45. The maximum atomic E-state index is 12.6. The highest BCUT2D eigenvalue weighted by Crippen LogP contribution is 2.43. The molecule has 0 fully saturated rings. The summed E-state index contributed by atoms with van der Waals surface area (Å²) in [5.74, 6) is -0.442. The minimum Gasteiger partial charge on any atom is -0.457 e. The van der Waals surface area contributed by atoms with Crippen LogP contribution < -0.4 is 0 Å². The molecule has 0 heterocycles. The number of hydrogen-bond acceptors (Lipinski definition) is 8. The Morgan fingerprint density at radius 1 is 0.552 bits per heavy atom. The standard InChI is InChI=1S/C48H83O9P/c1-3-5-7-9-11-13-15-17-19-21-22-23-25-27-29-31-33-35-37-39-41-54-44-47(45-56-58(52,53)55-43-46(50)42-49)57-48(51)40-38-36-34-32-30-28-26-24-20-18-16-14-12-10-8-6-4-2/h6,8,11-14,17-20,26,28,32,34,46-47,49-50H,3-5,7,9-10,15-16,21-25,27,29-31,33,35-45H2,1-2H3,(H,52,53)/b8-6-,13-11-,14-12-,19-17-,20-18-,28-26-,34-32-. The lowest BCUT2D eigenvalue weighted by molar-refractivity contribution is -0.154. The third-order valence-electron chi connectivity index (χ3n) is 9.06. The van der Waals surface area contributed by atoms with E-state index in [4.69, 9.17) is 23.6 Å². The lowest BCUT2D eigenvalue weighted by Gasteiger charge is -2.20. The van der Waals surface area contributed by atoms with Crippen LogP contribution in [0.1, 0.15) is 168 Å². The van der Waals surface area contributed by atoms with E-state index in [1.54, 1.807) is 0 Å². The Balaban J connectivity index is 4.25. The molecule has 0 radical (unpaired) electrons. The molecule has 0 bridgehead atoms. The van der Waals surface area contributed by atoms with Crippen molar-refractivity contribution in [3.63, 3.8) is 0 Å². The molecule has 0 rings (SSSR count). The average molecular weight is 835 g/mol. The Kier molecular flexibility index (Phi) is 42.4. The number of carbonyl (C=O) groups is 1. The molecule has 3 atom stereocenters. The van der Waals surface area contributed by atoms with Gasteiger partial charge in [0.15, 0.2) is 0 Å². The molecule has 9 nitrogen and oxygen atoms in total. The average Bonchev–Trinajstić information content (AvgIpc) is 3.21. The second-order valence-corrected chi connectivity index (χ2v) is 16.1. The van der Waals surface area contributed by atoms with E-state index >= 15 is 0 Å². The van der Waals surface area contributed by atoms with Gasteiger partial charge in [-0.2, -0.15) is 0 Å². The Morgan fingerprint density at radius 3 is 1.48 bits per heavy atom. The molecule has 0 aromatic heterocycles. The van der Waals surface area contributed by atoms with Crippen LogP contribution in [0.15, 0.2) is 85.1 Å². The molecule has 0 amide bonds. The van der Waals surface area contributed by atoms with E-state index in [2.05, 4.69) is 92.8 Å². The second kappa shape index (κ2) is 44.2. The van der Waals surface area contributed by atoms with E-state index in [9.17, 15) is 19.4 Å². The smallest absolute Gasteiger partial charge is 0.457 e. The molecule has 0 spiro atoms. The quantitative estimate of drug-likeness (QED) is 0.0238. The van der Waals surface area contributed by atoms with Crippen LogP contribution >= 0.6 is 7.82 Å². The van der Waals surface area contributed by atoms with Crippen molar-refractivity contribution in [1.29, 1.82) is 0 Å². The van der Waals surface area contributed by atoms with E-state index < -0.39 is 45.8 Å². The molecular formula is C48H83O9P. The molecule has 0 saturated carbocycles. The number of phosphoric ester groups is 1. The van der Waals surface area contributed by atoms with E-state index in [1.807, 2.05) is 6.08 Å². The molecule has 3 unspecified atom stereocenters. The van der Waals surface area contributed by atoms with Gasteiger partial charge in [-0.05, 0) is 83.5 Å². The van der Waals surface area contributed by atoms with E-state index in [-0.39, 0.29) is 13.0 Å². The third-order valence-corrected chi connectivity index (χ3v) is 10.0. The molecule has 3 N–H and O–H groups in total. The van der Waals surface area contributed by atoms with Gasteiger partial charge in [-0.15, -0.1) is 0 Å². The van der Waals surface area contributed by atoms with Gasteiger partial charge in [0.25, 0.3) is 0 Å². The highest BCUT2D eigenvalue weighted by atomic mass is 31.2. The lowest BCUT2D eigenvalue weighted by Crippen LogP contribution is -2.29. The van der Waals surface area contributed by atoms with E-state index in [0.29, 0.717) is 13.0 Å². The van der Waals surface area contributed by atoms with Gasteiger partial charge in [-0.1, -0.05) is 163 Å². The van der Waals surface area contributed by atoms with Crippen molar-refractivity contribution >= 4 is 13.8 Å². The van der Waals surface area contributed by atoms with Crippen LogP contribution in [0.5, 0.6) is 0 Å². The zero-order chi connectivity index (χ0) is 42.5. The molecule has 0 aliphatic heterocycles. The topological polar surface area (TPSA) is 132 Å². The highest BCUT2D eigenvalue weighted by Gasteiger charge is 2.26. The van der Waals surface area contributed by atoms with Gasteiger partial charge < -0.3 is 24.6 Å². The molecule has 0 saturated heterocycles. The molecule has 10 heteroatoms. The van der Waals surface area contributed by atoms with Crippen LogP contribution in [0.2, 0.25) is 0 Å². The first-order chi connectivity index (χ1) is 28.3. The highest BCUT2D eigenvalue weighted by molar-refractivity contribution is 7.47. The summed E-state index contributed by atoms with van der Waals surface area (Å²) in [6.45, 7) is 3.28. The number of rotatable bonds is 42. The largest absolute Gasteiger partial charge is 0.472 e. The minimum atomic E-state index is -4.54. The van der Waals surface area contributed by atoms with Crippen molar-refractivity contribution < 1.29 is 43.0 Å². The van der Waals surface area contributed by atoms with Gasteiger partial charge >= 0.3 is 13.8 Å². The first-order valence-corrected chi connectivity index (χ1v) is 24.1. The van der Waals surface area contributed by atoms with Gasteiger partial charge in [0.2, 0.25) is 0 Å². The number of unbranched alkanes of at least 4 members (excludes halogenated alkanes) is 14. The van der Waals surface area contributed by atoms with Gasteiger partial charge in [-0.3, -0.25) is 13.8 Å². The summed E-state index contributed by atoms with van der Waals surface area (Å²) in [7, 11) is -4.54. The second-order valence-electron chi connectivity index (χ2n) is 14.7. The van der Waals surface area contributed by atoms with Crippen molar-refractivity contribution in [2.75, 3.05) is 33.0 Å². The van der Waals surface area contributed by atoms with Crippen molar-refractivity contribution in [3.05, 3.63) is 85.1 Å². The predicted octanol–water partition coefficient (Wildman–Crippen LogP) is 12.7. The number of aliphatic hydroxyl groups is 2. The van der Waals surface area contributed by atoms with Crippen LogP contribution in [0.4, 0.5) is 0 Å². The predicted molar refractivity (Wildman–Crippen MR) is 242 cm³/mol. The van der Waals surface area contributed by atoms with Crippen LogP contribution in [0.3, 0.4) is 0 Å². The van der Waals surface area contributed by atoms with Gasteiger partial charge in [0, 0.05) is 13.0 Å².